The van der Waals surface area contributed by atoms with Gasteiger partial charge < -0.3 is 4.74 Å². The lowest BCUT2D eigenvalue weighted by Gasteiger charge is -2.27. The molecule has 0 saturated carbocycles. The third kappa shape index (κ3) is 3.26. The van der Waals surface area contributed by atoms with E-state index >= 15 is 0 Å². The van der Waals surface area contributed by atoms with E-state index < -0.39 is 5.97 Å². The largest absolute Gasteiger partial charge is 0.425 e. The SMILES string of the molecule is O=C(CN1C(=O)CSc2ccccc21)Oc1ccc(Cl)cc1. The van der Waals surface area contributed by atoms with Crippen LogP contribution < -0.4 is 9.64 Å². The monoisotopic (exact) mass is 333 g/mol. The molecule has 0 fully saturated rings. The Morgan fingerprint density at radius 1 is 1.18 bits per heavy atom. The van der Waals surface area contributed by atoms with Crippen molar-refractivity contribution in [2.45, 2.75) is 4.90 Å². The smallest absolute Gasteiger partial charge is 0.331 e. The normalized spacial score (nSPS) is 13.7. The van der Waals surface area contributed by atoms with Crippen molar-refractivity contribution in [3.63, 3.8) is 0 Å². The van der Waals surface area contributed by atoms with E-state index in [0.717, 1.165) is 10.6 Å². The number of anilines is 1. The predicted octanol–water partition coefficient (Wildman–Crippen LogP) is 3.38. The molecule has 0 unspecified atom stereocenters. The highest BCUT2D eigenvalue weighted by Gasteiger charge is 2.26. The van der Waals surface area contributed by atoms with E-state index in [9.17, 15) is 9.59 Å². The summed E-state index contributed by atoms with van der Waals surface area (Å²) in [5.41, 5.74) is 0.747. The highest BCUT2D eigenvalue weighted by atomic mass is 35.5. The van der Waals surface area contributed by atoms with Gasteiger partial charge in [-0.15, -0.1) is 11.8 Å². The van der Waals surface area contributed by atoms with Crippen molar-refractivity contribution in [2.24, 2.45) is 0 Å². The van der Waals surface area contributed by atoms with Gasteiger partial charge in [-0.25, -0.2) is 4.79 Å². The fourth-order valence-corrected chi connectivity index (χ4v) is 3.18. The van der Waals surface area contributed by atoms with E-state index in [1.54, 1.807) is 24.3 Å². The van der Waals surface area contributed by atoms with Crippen LogP contribution in [-0.2, 0) is 9.59 Å². The molecular weight excluding hydrogens is 322 g/mol. The van der Waals surface area contributed by atoms with Gasteiger partial charge in [-0.3, -0.25) is 9.69 Å². The topological polar surface area (TPSA) is 46.6 Å². The van der Waals surface area contributed by atoms with Gasteiger partial charge in [0.15, 0.2) is 0 Å². The Morgan fingerprint density at radius 2 is 1.91 bits per heavy atom. The van der Waals surface area contributed by atoms with Gasteiger partial charge in [0.25, 0.3) is 0 Å². The molecule has 0 radical (unpaired) electrons. The Balaban J connectivity index is 1.73. The number of hydrogen-bond donors (Lipinski definition) is 0. The second-order valence-corrected chi connectivity index (χ2v) is 6.12. The molecule has 1 heterocycles. The van der Waals surface area contributed by atoms with Crippen molar-refractivity contribution < 1.29 is 14.3 Å². The molecular formula is C16H12ClNO3S. The molecule has 4 nitrogen and oxygen atoms in total. The predicted molar refractivity (Wildman–Crippen MR) is 86.6 cm³/mol. The Bertz CT molecular complexity index is 718. The molecule has 0 aliphatic carbocycles. The zero-order chi connectivity index (χ0) is 15.5. The van der Waals surface area contributed by atoms with Crippen molar-refractivity contribution in [2.75, 3.05) is 17.2 Å². The van der Waals surface area contributed by atoms with Crippen LogP contribution in [0.3, 0.4) is 0 Å². The standard InChI is InChI=1S/C16H12ClNO3S/c17-11-5-7-12(8-6-11)21-16(20)9-18-13-3-1-2-4-14(13)22-10-15(18)19/h1-8H,9-10H2. The van der Waals surface area contributed by atoms with Crippen LogP contribution in [0.1, 0.15) is 0 Å². The summed E-state index contributed by atoms with van der Waals surface area (Å²) in [6, 6.07) is 14.0. The van der Waals surface area contributed by atoms with Crippen molar-refractivity contribution in [1.29, 1.82) is 0 Å². The van der Waals surface area contributed by atoms with E-state index in [-0.39, 0.29) is 12.5 Å². The summed E-state index contributed by atoms with van der Waals surface area (Å²) in [7, 11) is 0. The second kappa shape index (κ2) is 6.42. The van der Waals surface area contributed by atoms with Crippen LogP contribution >= 0.6 is 23.4 Å². The summed E-state index contributed by atoms with van der Waals surface area (Å²) in [6.07, 6.45) is 0. The first-order valence-electron chi connectivity index (χ1n) is 6.62. The summed E-state index contributed by atoms with van der Waals surface area (Å²) >= 11 is 7.26. The van der Waals surface area contributed by atoms with Crippen LogP contribution in [-0.4, -0.2) is 24.2 Å². The number of hydrogen-bond acceptors (Lipinski definition) is 4. The van der Waals surface area contributed by atoms with Gasteiger partial charge in [-0.2, -0.15) is 0 Å². The van der Waals surface area contributed by atoms with Crippen LogP contribution in [0.5, 0.6) is 5.75 Å². The van der Waals surface area contributed by atoms with Crippen LogP contribution in [0, 0.1) is 0 Å². The molecule has 0 spiro atoms. The number of carbonyl (C=O) groups is 2. The Hall–Kier alpha value is -1.98. The molecule has 1 aliphatic heterocycles. The van der Waals surface area contributed by atoms with Gasteiger partial charge >= 0.3 is 5.97 Å². The molecule has 22 heavy (non-hydrogen) atoms. The van der Waals surface area contributed by atoms with E-state index in [1.165, 1.54) is 16.7 Å². The minimum atomic E-state index is -0.489. The second-order valence-electron chi connectivity index (χ2n) is 4.66. The molecule has 112 valence electrons. The maximum absolute atomic E-state index is 12.1. The number of carbonyl (C=O) groups excluding carboxylic acids is 2. The van der Waals surface area contributed by atoms with Gasteiger partial charge in [0.2, 0.25) is 5.91 Å². The number of halogens is 1. The fraction of sp³-hybridized carbons (Fsp3) is 0.125. The number of thioether (sulfide) groups is 1. The number of ether oxygens (including phenoxy) is 1. The lowest BCUT2D eigenvalue weighted by atomic mass is 10.2. The van der Waals surface area contributed by atoms with Gasteiger partial charge in [0.05, 0.1) is 11.4 Å². The summed E-state index contributed by atoms with van der Waals surface area (Å²) in [5, 5.41) is 0.567. The Kier molecular flexibility index (Phi) is 4.36. The zero-order valence-corrected chi connectivity index (χ0v) is 13.1. The van der Waals surface area contributed by atoms with Crippen LogP contribution in [0.2, 0.25) is 5.02 Å². The van der Waals surface area contributed by atoms with E-state index in [1.807, 2.05) is 24.3 Å². The number of esters is 1. The number of amides is 1. The first kappa shape index (κ1) is 14.9. The van der Waals surface area contributed by atoms with Crippen molar-refractivity contribution >= 4 is 40.9 Å². The molecule has 3 rings (SSSR count). The van der Waals surface area contributed by atoms with Gasteiger partial charge in [0, 0.05) is 9.92 Å². The molecule has 0 aromatic heterocycles. The van der Waals surface area contributed by atoms with Gasteiger partial charge in [-0.05, 0) is 36.4 Å². The Labute approximate surface area is 137 Å². The van der Waals surface area contributed by atoms with Gasteiger partial charge in [0.1, 0.15) is 12.3 Å². The van der Waals surface area contributed by atoms with Crippen LogP contribution in [0.15, 0.2) is 53.4 Å². The number of rotatable bonds is 3. The molecule has 2 aromatic carbocycles. The highest BCUT2D eigenvalue weighted by Crippen LogP contribution is 2.34. The molecule has 1 aliphatic rings. The molecule has 2 aromatic rings. The van der Waals surface area contributed by atoms with Gasteiger partial charge in [-0.1, -0.05) is 23.7 Å². The summed E-state index contributed by atoms with van der Waals surface area (Å²) in [6.45, 7) is -0.112. The molecule has 1 amide bonds. The minimum Gasteiger partial charge on any atom is -0.425 e. The number of fused-ring (bicyclic) bond motifs is 1. The lowest BCUT2D eigenvalue weighted by Crippen LogP contribution is -2.40. The third-order valence-electron chi connectivity index (χ3n) is 3.14. The van der Waals surface area contributed by atoms with E-state index in [4.69, 9.17) is 16.3 Å². The first-order chi connectivity index (χ1) is 10.6. The number of nitrogens with zero attached hydrogens (tertiary/aromatic N) is 1. The van der Waals surface area contributed by atoms with E-state index in [2.05, 4.69) is 0 Å². The first-order valence-corrected chi connectivity index (χ1v) is 7.98. The maximum Gasteiger partial charge on any atom is 0.331 e. The summed E-state index contributed by atoms with van der Waals surface area (Å²) in [5.74, 6) is 0.140. The van der Waals surface area contributed by atoms with Crippen LogP contribution in [0.4, 0.5) is 5.69 Å². The molecule has 0 bridgehead atoms. The van der Waals surface area contributed by atoms with E-state index in [0.29, 0.717) is 16.5 Å². The van der Waals surface area contributed by atoms with Crippen LogP contribution in [0.25, 0.3) is 0 Å². The molecule has 0 saturated heterocycles. The Morgan fingerprint density at radius 3 is 2.68 bits per heavy atom. The summed E-state index contributed by atoms with van der Waals surface area (Å²) < 4.78 is 5.24. The average Bonchev–Trinajstić information content (AvgIpc) is 2.52. The molecule has 0 N–H and O–H groups in total. The third-order valence-corrected chi connectivity index (χ3v) is 4.44. The minimum absolute atomic E-state index is 0.100. The van der Waals surface area contributed by atoms with Crippen molar-refractivity contribution in [3.8, 4) is 5.75 Å². The quantitative estimate of drug-likeness (QED) is 0.638. The average molecular weight is 334 g/mol. The fourth-order valence-electron chi connectivity index (χ4n) is 2.12. The van der Waals surface area contributed by atoms with Crippen molar-refractivity contribution in [3.05, 3.63) is 53.6 Å². The molecule has 0 atom stereocenters. The number of para-hydroxylation sites is 1. The summed E-state index contributed by atoms with van der Waals surface area (Å²) in [4.78, 5) is 26.6. The molecule has 6 heteroatoms. The highest BCUT2D eigenvalue weighted by molar-refractivity contribution is 8.00. The zero-order valence-electron chi connectivity index (χ0n) is 11.5. The van der Waals surface area contributed by atoms with Crippen molar-refractivity contribution in [1.82, 2.24) is 0 Å². The maximum atomic E-state index is 12.1. The lowest BCUT2D eigenvalue weighted by molar-refractivity contribution is -0.134. The number of benzene rings is 2.